The summed E-state index contributed by atoms with van der Waals surface area (Å²) in [4.78, 5) is 24.6. The van der Waals surface area contributed by atoms with Gasteiger partial charge in [-0.05, 0) is 22.8 Å². The Morgan fingerprint density at radius 2 is 1.81 bits per heavy atom. The van der Waals surface area contributed by atoms with Gasteiger partial charge in [-0.1, -0.05) is 90.7 Å². The van der Waals surface area contributed by atoms with Crippen LogP contribution in [-0.4, -0.2) is 32.7 Å². The van der Waals surface area contributed by atoms with E-state index >= 15 is 0 Å². The fourth-order valence-corrected chi connectivity index (χ4v) is 3.75. The molecule has 0 aromatic heterocycles. The van der Waals surface area contributed by atoms with Gasteiger partial charge in [-0.25, -0.2) is 0 Å². The van der Waals surface area contributed by atoms with E-state index < -0.39 is 12.5 Å². The molecule has 2 aromatic carbocycles. The van der Waals surface area contributed by atoms with Crippen LogP contribution in [0, 0.1) is 0 Å². The van der Waals surface area contributed by atoms with Crippen LogP contribution in [0.2, 0.25) is 0 Å². The second-order valence-electron chi connectivity index (χ2n) is 5.50. The fourth-order valence-electron chi connectivity index (χ4n) is 2.55. The Balaban J connectivity index is 1.82. The van der Waals surface area contributed by atoms with Crippen molar-refractivity contribution in [2.24, 2.45) is 0 Å². The zero-order valence-electron chi connectivity index (χ0n) is 13.7. The molecule has 26 heavy (non-hydrogen) atoms. The molecule has 0 bridgehead atoms. The zero-order chi connectivity index (χ0) is 18.5. The average Bonchev–Trinajstić information content (AvgIpc) is 2.90. The largest absolute Gasteiger partial charge is 0.480 e. The van der Waals surface area contributed by atoms with Crippen LogP contribution >= 0.6 is 24.0 Å². The van der Waals surface area contributed by atoms with E-state index in [0.29, 0.717) is 4.91 Å². The second-order valence-corrected chi connectivity index (χ2v) is 7.17. The molecule has 0 radical (unpaired) electrons. The molecule has 130 valence electrons. The van der Waals surface area contributed by atoms with Crippen molar-refractivity contribution in [1.29, 1.82) is 0 Å². The number of carboxylic acid groups (broad SMARTS) is 1. The Kier molecular flexibility index (Phi) is 5.65. The number of thioether (sulfide) groups is 1. The first kappa shape index (κ1) is 18.1. The van der Waals surface area contributed by atoms with E-state index in [1.165, 1.54) is 0 Å². The number of aliphatic carboxylic acids is 1. The Hall–Kier alpha value is -2.70. The minimum absolute atomic E-state index is 0.265. The van der Waals surface area contributed by atoms with Crippen molar-refractivity contribution >= 4 is 46.3 Å². The number of allylic oxidation sites excluding steroid dienone is 2. The highest BCUT2D eigenvalue weighted by atomic mass is 32.2. The Bertz CT molecular complexity index is 920. The lowest BCUT2D eigenvalue weighted by atomic mass is 9.99. The van der Waals surface area contributed by atoms with Crippen LogP contribution in [0.5, 0.6) is 0 Å². The Morgan fingerprint density at radius 3 is 2.54 bits per heavy atom. The summed E-state index contributed by atoms with van der Waals surface area (Å²) in [6.07, 6.45) is 5.38. The third kappa shape index (κ3) is 4.09. The maximum Gasteiger partial charge on any atom is 0.323 e. The lowest BCUT2D eigenvalue weighted by molar-refractivity contribution is -0.140. The van der Waals surface area contributed by atoms with Gasteiger partial charge in [-0.3, -0.25) is 14.5 Å². The van der Waals surface area contributed by atoms with E-state index in [1.807, 2.05) is 60.7 Å². The van der Waals surface area contributed by atoms with Gasteiger partial charge >= 0.3 is 5.97 Å². The minimum Gasteiger partial charge on any atom is -0.480 e. The Labute approximate surface area is 160 Å². The highest BCUT2D eigenvalue weighted by molar-refractivity contribution is 8.26. The molecule has 0 unspecified atom stereocenters. The molecule has 1 amide bonds. The van der Waals surface area contributed by atoms with Gasteiger partial charge in [0.2, 0.25) is 0 Å². The first-order valence-electron chi connectivity index (χ1n) is 7.84. The first-order valence-corrected chi connectivity index (χ1v) is 9.07. The van der Waals surface area contributed by atoms with E-state index in [9.17, 15) is 9.59 Å². The molecule has 1 heterocycles. The summed E-state index contributed by atoms with van der Waals surface area (Å²) < 4.78 is 0.265. The molecular weight excluding hydrogens is 366 g/mol. The predicted molar refractivity (Wildman–Crippen MR) is 109 cm³/mol. The number of carbonyl (C=O) groups excluding carboxylic acids is 1. The van der Waals surface area contributed by atoms with E-state index in [1.54, 1.807) is 12.2 Å². The van der Waals surface area contributed by atoms with Crippen LogP contribution in [0.4, 0.5) is 0 Å². The van der Waals surface area contributed by atoms with Gasteiger partial charge in [0, 0.05) is 0 Å². The van der Waals surface area contributed by atoms with Crippen LogP contribution in [0.3, 0.4) is 0 Å². The molecule has 1 aliphatic rings. The molecule has 4 nitrogen and oxygen atoms in total. The molecule has 1 aliphatic heterocycles. The number of nitrogens with zero attached hydrogens (tertiary/aromatic N) is 1. The molecule has 2 aromatic rings. The summed E-state index contributed by atoms with van der Waals surface area (Å²) in [5.74, 6) is -1.46. The summed E-state index contributed by atoms with van der Waals surface area (Å²) in [7, 11) is 0. The van der Waals surface area contributed by atoms with Crippen molar-refractivity contribution < 1.29 is 14.7 Å². The summed E-state index contributed by atoms with van der Waals surface area (Å²) in [6, 6.07) is 18.0. The molecule has 1 saturated heterocycles. The minimum atomic E-state index is -1.09. The quantitative estimate of drug-likeness (QED) is 0.621. The summed E-state index contributed by atoms with van der Waals surface area (Å²) in [5.41, 5.74) is 3.23. The van der Waals surface area contributed by atoms with Crippen molar-refractivity contribution in [3.05, 3.63) is 77.2 Å². The third-order valence-corrected chi connectivity index (χ3v) is 5.13. The molecule has 3 rings (SSSR count). The van der Waals surface area contributed by atoms with Crippen molar-refractivity contribution in [3.8, 4) is 11.1 Å². The van der Waals surface area contributed by atoms with E-state index in [2.05, 4.69) is 0 Å². The third-order valence-electron chi connectivity index (χ3n) is 3.74. The first-order chi connectivity index (χ1) is 12.6. The molecule has 1 N–H and O–H groups in total. The zero-order valence-corrected chi connectivity index (χ0v) is 15.3. The van der Waals surface area contributed by atoms with Crippen molar-refractivity contribution in [3.63, 3.8) is 0 Å². The highest BCUT2D eigenvalue weighted by Crippen LogP contribution is 2.31. The molecule has 0 saturated carbocycles. The summed E-state index contributed by atoms with van der Waals surface area (Å²) in [5, 5.41) is 8.86. The van der Waals surface area contributed by atoms with Crippen molar-refractivity contribution in [2.45, 2.75) is 0 Å². The number of benzene rings is 2. The average molecular weight is 381 g/mol. The van der Waals surface area contributed by atoms with Gasteiger partial charge in [0.05, 0.1) is 4.91 Å². The molecule has 6 heteroatoms. The van der Waals surface area contributed by atoms with E-state index in [4.69, 9.17) is 17.3 Å². The van der Waals surface area contributed by atoms with Gasteiger partial charge in [0.25, 0.3) is 5.91 Å². The van der Waals surface area contributed by atoms with Crippen LogP contribution < -0.4 is 0 Å². The highest BCUT2D eigenvalue weighted by Gasteiger charge is 2.32. The van der Waals surface area contributed by atoms with Gasteiger partial charge in [0.15, 0.2) is 0 Å². The number of carbonyl (C=O) groups is 2. The maximum atomic E-state index is 12.2. The predicted octanol–water partition coefficient (Wildman–Crippen LogP) is 4.20. The molecule has 0 spiro atoms. The fraction of sp³-hybridized carbons (Fsp3) is 0.0500. The molecule has 1 fully saturated rings. The number of hydrogen-bond donors (Lipinski definition) is 1. The lowest BCUT2D eigenvalue weighted by Gasteiger charge is -2.09. The molecule has 0 atom stereocenters. The maximum absolute atomic E-state index is 12.2. The molecular formula is C20H15NO3S2. The van der Waals surface area contributed by atoms with Gasteiger partial charge in [-0.15, -0.1) is 0 Å². The van der Waals surface area contributed by atoms with Crippen LogP contribution in [-0.2, 0) is 9.59 Å². The van der Waals surface area contributed by atoms with E-state index in [0.717, 1.165) is 33.4 Å². The number of rotatable bonds is 5. The second kappa shape index (κ2) is 8.12. The van der Waals surface area contributed by atoms with Crippen molar-refractivity contribution in [2.75, 3.05) is 6.54 Å². The SMILES string of the molecule is O=C(O)CN1C(=O)C(=CC=Cc2ccccc2-c2ccccc2)SC1=S. The monoisotopic (exact) mass is 381 g/mol. The Morgan fingerprint density at radius 1 is 1.12 bits per heavy atom. The summed E-state index contributed by atoms with van der Waals surface area (Å²) in [6.45, 7) is -0.414. The van der Waals surface area contributed by atoms with Gasteiger partial charge in [-0.2, -0.15) is 0 Å². The number of carboxylic acids is 1. The number of thiocarbonyl (C=S) groups is 1. The van der Waals surface area contributed by atoms with Crippen LogP contribution in [0.25, 0.3) is 17.2 Å². The van der Waals surface area contributed by atoms with Crippen LogP contribution in [0.15, 0.2) is 71.7 Å². The topological polar surface area (TPSA) is 57.6 Å². The number of hydrogen-bond acceptors (Lipinski definition) is 4. The number of amides is 1. The molecule has 0 aliphatic carbocycles. The van der Waals surface area contributed by atoms with Crippen molar-refractivity contribution in [1.82, 2.24) is 4.90 Å². The smallest absolute Gasteiger partial charge is 0.323 e. The lowest BCUT2D eigenvalue weighted by Crippen LogP contribution is -2.33. The van der Waals surface area contributed by atoms with Gasteiger partial charge < -0.3 is 5.11 Å². The normalized spacial score (nSPS) is 16.0. The summed E-state index contributed by atoms with van der Waals surface area (Å²) >= 11 is 6.20. The standard InChI is InChI=1S/C20H15NO3S2/c22-18(23)13-21-19(24)17(26-20(21)25)12-6-10-15-9-4-5-11-16(15)14-7-2-1-3-8-14/h1-12H,13H2,(H,22,23). The van der Waals surface area contributed by atoms with Gasteiger partial charge in [0.1, 0.15) is 10.9 Å². The van der Waals surface area contributed by atoms with Crippen LogP contribution in [0.1, 0.15) is 5.56 Å². The van der Waals surface area contributed by atoms with E-state index in [-0.39, 0.29) is 10.2 Å².